The molecule has 0 unspecified atom stereocenters. The Bertz CT molecular complexity index is 927. The van der Waals surface area contributed by atoms with Gasteiger partial charge in [-0.05, 0) is 32.8 Å². The largest absolute Gasteiger partial charge is 0.445 e. The van der Waals surface area contributed by atoms with E-state index in [9.17, 15) is 9.59 Å². The lowest BCUT2D eigenvalue weighted by Gasteiger charge is -2.25. The number of aryl methyl sites for hydroxylation is 2. The van der Waals surface area contributed by atoms with Crippen molar-refractivity contribution in [3.63, 3.8) is 0 Å². The highest BCUT2D eigenvalue weighted by atomic mass is 16.5. The third kappa shape index (κ3) is 3.87. The van der Waals surface area contributed by atoms with Gasteiger partial charge in [-0.15, -0.1) is 0 Å². The molecule has 2 aliphatic rings. The summed E-state index contributed by atoms with van der Waals surface area (Å²) in [6, 6.07) is 1.85. The number of fused-ring (bicyclic) bond motifs is 1. The van der Waals surface area contributed by atoms with Gasteiger partial charge >= 0.3 is 5.69 Å². The van der Waals surface area contributed by atoms with Crippen molar-refractivity contribution in [3.8, 4) is 0 Å². The Hall–Kier alpha value is -2.48. The minimum atomic E-state index is -0.302. The maximum atomic E-state index is 12.7. The molecular formula is C20H26N4O4. The van der Waals surface area contributed by atoms with Crippen LogP contribution in [0.5, 0.6) is 0 Å². The van der Waals surface area contributed by atoms with E-state index in [-0.39, 0.29) is 18.0 Å². The van der Waals surface area contributed by atoms with Crippen molar-refractivity contribution < 1.29 is 13.9 Å². The number of carbonyl (C=O) groups excluding carboxylic acids is 1. The van der Waals surface area contributed by atoms with Gasteiger partial charge in [-0.3, -0.25) is 9.36 Å². The number of oxazole rings is 1. The number of amides is 1. The molecule has 0 spiro atoms. The Morgan fingerprint density at radius 2 is 2.04 bits per heavy atom. The van der Waals surface area contributed by atoms with Crippen LogP contribution < -0.4 is 5.69 Å². The molecule has 8 heteroatoms. The molecule has 0 aromatic carbocycles. The van der Waals surface area contributed by atoms with Crippen LogP contribution in [0.25, 0.3) is 0 Å². The molecule has 0 radical (unpaired) electrons. The zero-order valence-electron chi connectivity index (χ0n) is 16.4. The second-order valence-corrected chi connectivity index (χ2v) is 7.60. The van der Waals surface area contributed by atoms with Crippen LogP contribution in [0.2, 0.25) is 0 Å². The van der Waals surface area contributed by atoms with Gasteiger partial charge in [0.15, 0.2) is 5.89 Å². The van der Waals surface area contributed by atoms with Crippen LogP contribution in [0.1, 0.15) is 53.9 Å². The number of aromatic nitrogens is 3. The van der Waals surface area contributed by atoms with Crippen molar-refractivity contribution in [2.24, 2.45) is 0 Å². The standard InChI is InChI=1S/C20H26N4O4/c1-13-11-14(2)24(20(26)21-13)8-4-18(25)23-7-3-17-16(12-23)22-19(28-17)15-5-9-27-10-6-15/h11,15H,3-10,12H2,1-2H3. The van der Waals surface area contributed by atoms with E-state index in [0.29, 0.717) is 37.7 Å². The van der Waals surface area contributed by atoms with Crippen molar-refractivity contribution in [3.05, 3.63) is 45.3 Å². The Labute approximate surface area is 163 Å². The van der Waals surface area contributed by atoms with Crippen molar-refractivity contribution in [2.75, 3.05) is 19.8 Å². The summed E-state index contributed by atoms with van der Waals surface area (Å²) in [6.45, 7) is 6.58. The van der Waals surface area contributed by atoms with Crippen LogP contribution in [-0.2, 0) is 29.0 Å². The average Bonchev–Trinajstić information content (AvgIpc) is 3.11. The van der Waals surface area contributed by atoms with E-state index in [1.807, 2.05) is 13.0 Å². The zero-order valence-corrected chi connectivity index (χ0v) is 16.4. The van der Waals surface area contributed by atoms with Gasteiger partial charge in [0.1, 0.15) is 11.5 Å². The molecule has 1 amide bonds. The predicted octanol–water partition coefficient (Wildman–Crippen LogP) is 1.72. The van der Waals surface area contributed by atoms with Crippen LogP contribution in [0, 0.1) is 13.8 Å². The molecular weight excluding hydrogens is 360 g/mol. The molecule has 8 nitrogen and oxygen atoms in total. The van der Waals surface area contributed by atoms with Gasteiger partial charge in [-0.25, -0.2) is 9.78 Å². The first-order valence-electron chi connectivity index (χ1n) is 9.90. The maximum absolute atomic E-state index is 12.7. The fourth-order valence-corrected chi connectivity index (χ4v) is 3.96. The monoisotopic (exact) mass is 386 g/mol. The summed E-state index contributed by atoms with van der Waals surface area (Å²) >= 11 is 0. The Balaban J connectivity index is 1.39. The SMILES string of the molecule is Cc1cc(C)n(CCC(=O)N2CCc3oc(C4CCOCC4)nc3C2)c(=O)n1. The minimum absolute atomic E-state index is 0.0214. The second kappa shape index (κ2) is 7.87. The molecule has 2 aromatic heterocycles. The third-order valence-corrected chi connectivity index (χ3v) is 5.56. The minimum Gasteiger partial charge on any atom is -0.445 e. The normalized spacial score (nSPS) is 17.6. The maximum Gasteiger partial charge on any atom is 0.347 e. The van der Waals surface area contributed by atoms with E-state index in [4.69, 9.17) is 9.15 Å². The van der Waals surface area contributed by atoms with Crippen LogP contribution >= 0.6 is 0 Å². The Morgan fingerprint density at radius 3 is 2.79 bits per heavy atom. The van der Waals surface area contributed by atoms with E-state index in [0.717, 1.165) is 49.1 Å². The van der Waals surface area contributed by atoms with Crippen molar-refractivity contribution >= 4 is 5.91 Å². The summed E-state index contributed by atoms with van der Waals surface area (Å²) in [7, 11) is 0. The average molecular weight is 386 g/mol. The lowest BCUT2D eigenvalue weighted by molar-refractivity contribution is -0.132. The molecule has 0 aliphatic carbocycles. The number of nitrogens with zero attached hydrogens (tertiary/aromatic N) is 4. The van der Waals surface area contributed by atoms with Gasteiger partial charge in [-0.2, -0.15) is 4.98 Å². The zero-order chi connectivity index (χ0) is 19.7. The van der Waals surface area contributed by atoms with Gasteiger partial charge in [0.25, 0.3) is 0 Å². The van der Waals surface area contributed by atoms with Crippen LogP contribution in [-0.4, -0.2) is 45.1 Å². The van der Waals surface area contributed by atoms with E-state index < -0.39 is 0 Å². The molecule has 4 heterocycles. The summed E-state index contributed by atoms with van der Waals surface area (Å²) in [5, 5.41) is 0. The molecule has 0 atom stereocenters. The topological polar surface area (TPSA) is 90.5 Å². The van der Waals surface area contributed by atoms with Crippen molar-refractivity contribution in [1.82, 2.24) is 19.4 Å². The molecule has 0 saturated carbocycles. The number of rotatable bonds is 4. The lowest BCUT2D eigenvalue weighted by atomic mass is 10.0. The number of hydrogen-bond donors (Lipinski definition) is 0. The Morgan fingerprint density at radius 1 is 1.25 bits per heavy atom. The molecule has 2 aromatic rings. The summed E-state index contributed by atoms with van der Waals surface area (Å²) < 4.78 is 12.9. The second-order valence-electron chi connectivity index (χ2n) is 7.60. The number of carbonyl (C=O) groups is 1. The molecule has 2 aliphatic heterocycles. The summed E-state index contributed by atoms with van der Waals surface area (Å²) in [5.41, 5.74) is 2.08. The Kier molecular flexibility index (Phi) is 5.30. The molecule has 4 rings (SSSR count). The highest BCUT2D eigenvalue weighted by molar-refractivity contribution is 5.76. The van der Waals surface area contributed by atoms with Crippen LogP contribution in [0.4, 0.5) is 0 Å². The van der Waals surface area contributed by atoms with Gasteiger partial charge in [0.2, 0.25) is 5.91 Å². The quantitative estimate of drug-likeness (QED) is 0.795. The van der Waals surface area contributed by atoms with Gasteiger partial charge in [0.05, 0.1) is 6.54 Å². The first-order valence-corrected chi connectivity index (χ1v) is 9.90. The fraction of sp³-hybridized carbons (Fsp3) is 0.600. The molecule has 0 N–H and O–H groups in total. The highest BCUT2D eigenvalue weighted by Gasteiger charge is 2.28. The fourth-order valence-electron chi connectivity index (χ4n) is 3.96. The number of hydrogen-bond acceptors (Lipinski definition) is 6. The molecule has 0 bridgehead atoms. The van der Waals surface area contributed by atoms with Crippen molar-refractivity contribution in [2.45, 2.75) is 58.5 Å². The predicted molar refractivity (Wildman–Crippen MR) is 101 cm³/mol. The van der Waals surface area contributed by atoms with E-state index >= 15 is 0 Å². The molecule has 1 fully saturated rings. The van der Waals surface area contributed by atoms with E-state index in [1.54, 1.807) is 16.4 Å². The van der Waals surface area contributed by atoms with Gasteiger partial charge in [-0.1, -0.05) is 0 Å². The highest BCUT2D eigenvalue weighted by Crippen LogP contribution is 2.30. The summed E-state index contributed by atoms with van der Waals surface area (Å²) in [4.78, 5) is 35.2. The van der Waals surface area contributed by atoms with E-state index in [1.165, 1.54) is 0 Å². The summed E-state index contributed by atoms with van der Waals surface area (Å²) in [5.74, 6) is 2.02. The molecule has 28 heavy (non-hydrogen) atoms. The number of ether oxygens (including phenoxy) is 1. The first kappa shape index (κ1) is 18.9. The lowest BCUT2D eigenvalue weighted by Crippen LogP contribution is -2.37. The van der Waals surface area contributed by atoms with Gasteiger partial charge in [0, 0.05) is 56.5 Å². The third-order valence-electron chi connectivity index (χ3n) is 5.56. The van der Waals surface area contributed by atoms with Crippen molar-refractivity contribution in [1.29, 1.82) is 0 Å². The molecule has 1 saturated heterocycles. The van der Waals surface area contributed by atoms with Crippen LogP contribution in [0.15, 0.2) is 15.3 Å². The van der Waals surface area contributed by atoms with E-state index in [2.05, 4.69) is 9.97 Å². The van der Waals surface area contributed by atoms with Gasteiger partial charge < -0.3 is 14.1 Å². The van der Waals surface area contributed by atoms with Crippen LogP contribution in [0.3, 0.4) is 0 Å². The summed E-state index contributed by atoms with van der Waals surface area (Å²) in [6.07, 6.45) is 2.81. The smallest absolute Gasteiger partial charge is 0.347 e. The molecule has 150 valence electrons. The first-order chi connectivity index (χ1) is 13.5.